The molecule has 2 saturated heterocycles. The van der Waals surface area contributed by atoms with Crippen LogP contribution in [0.25, 0.3) is 0 Å². The molecule has 29 heavy (non-hydrogen) atoms. The molecule has 1 saturated carbocycles. The second kappa shape index (κ2) is 9.45. The lowest BCUT2D eigenvalue weighted by atomic mass is 9.99. The Balaban J connectivity index is 1.51. The molecule has 0 amide bonds. The minimum absolute atomic E-state index is 0.491. The molecule has 160 valence electrons. The van der Waals surface area contributed by atoms with Crippen molar-refractivity contribution in [3.63, 3.8) is 0 Å². The lowest BCUT2D eigenvalue weighted by Gasteiger charge is -2.34. The molecule has 3 heterocycles. The molecule has 6 nitrogen and oxygen atoms in total. The molecule has 0 atom stereocenters. The maximum atomic E-state index is 5.57. The molecule has 7 heteroatoms. The van der Waals surface area contributed by atoms with Gasteiger partial charge in [0.25, 0.3) is 0 Å². The second-order valence-corrected chi connectivity index (χ2v) is 9.74. The molecule has 0 spiro atoms. The van der Waals surface area contributed by atoms with Crippen molar-refractivity contribution in [2.45, 2.75) is 71.3 Å². The van der Waals surface area contributed by atoms with Crippen LogP contribution in [0.15, 0.2) is 6.07 Å². The molecule has 2 aliphatic heterocycles. The minimum Gasteiger partial charge on any atom is -0.360 e. The summed E-state index contributed by atoms with van der Waals surface area (Å²) >= 11 is 5.57. The van der Waals surface area contributed by atoms with Gasteiger partial charge in [-0.2, -0.15) is 9.97 Å². The van der Waals surface area contributed by atoms with Gasteiger partial charge in [-0.25, -0.2) is 0 Å². The minimum atomic E-state index is 0.491. The van der Waals surface area contributed by atoms with E-state index in [0.29, 0.717) is 17.1 Å². The van der Waals surface area contributed by atoms with Crippen LogP contribution in [0, 0.1) is 11.8 Å². The van der Waals surface area contributed by atoms with Gasteiger partial charge in [-0.05, 0) is 62.6 Å². The zero-order chi connectivity index (χ0) is 20.2. The zero-order valence-corrected chi connectivity index (χ0v) is 18.8. The largest absolute Gasteiger partial charge is 0.360 e. The van der Waals surface area contributed by atoms with Gasteiger partial charge in [0, 0.05) is 38.3 Å². The van der Waals surface area contributed by atoms with E-state index in [1.165, 1.54) is 51.4 Å². The zero-order valence-electron chi connectivity index (χ0n) is 18.0. The molecule has 3 fully saturated rings. The van der Waals surface area contributed by atoms with E-state index < -0.39 is 0 Å². The Hall–Kier alpha value is -1.63. The van der Waals surface area contributed by atoms with Gasteiger partial charge >= 0.3 is 0 Å². The van der Waals surface area contributed by atoms with Gasteiger partial charge in [-0.1, -0.05) is 26.7 Å². The van der Waals surface area contributed by atoms with Crippen molar-refractivity contribution in [2.24, 2.45) is 11.8 Å². The van der Waals surface area contributed by atoms with Crippen molar-refractivity contribution >= 4 is 34.9 Å². The number of hydrogen-bond donors (Lipinski definition) is 2. The topological polar surface area (TPSA) is 56.3 Å². The third kappa shape index (κ3) is 5.50. The normalized spacial score (nSPS) is 22.1. The Morgan fingerprint density at radius 3 is 1.83 bits per heavy atom. The van der Waals surface area contributed by atoms with Crippen LogP contribution in [0.5, 0.6) is 0 Å². The first kappa shape index (κ1) is 20.6. The van der Waals surface area contributed by atoms with E-state index in [1.807, 2.05) is 0 Å². The van der Waals surface area contributed by atoms with Crippen LogP contribution in [-0.2, 0) is 0 Å². The molecular weight excluding hydrogens is 380 g/mol. The highest BCUT2D eigenvalue weighted by atomic mass is 32.1. The quantitative estimate of drug-likeness (QED) is 0.714. The fourth-order valence-electron chi connectivity index (χ4n) is 4.67. The number of nitrogens with zero attached hydrogens (tertiary/aromatic N) is 4. The SMILES string of the molecule is CC1CCN(c2cc(N3CCC(C)CC3)nc(NC(=S)NC3CCCC3)n2)CC1. The number of aromatic nitrogens is 2. The predicted octanol–water partition coefficient (Wildman–Crippen LogP) is 4.18. The Kier molecular flexibility index (Phi) is 6.73. The maximum Gasteiger partial charge on any atom is 0.232 e. The summed E-state index contributed by atoms with van der Waals surface area (Å²) in [7, 11) is 0. The summed E-state index contributed by atoms with van der Waals surface area (Å²) in [5.41, 5.74) is 0. The molecule has 0 aromatic carbocycles. The van der Waals surface area contributed by atoms with Crippen molar-refractivity contribution < 1.29 is 0 Å². The van der Waals surface area contributed by atoms with E-state index in [0.717, 1.165) is 49.7 Å². The molecule has 3 aliphatic rings. The first-order valence-corrected chi connectivity index (χ1v) is 11.9. The average Bonchev–Trinajstić information content (AvgIpc) is 3.21. The van der Waals surface area contributed by atoms with Crippen LogP contribution in [0.1, 0.15) is 65.2 Å². The third-order valence-corrected chi connectivity index (χ3v) is 7.05. The molecule has 0 unspecified atom stereocenters. The van der Waals surface area contributed by atoms with E-state index in [9.17, 15) is 0 Å². The summed E-state index contributed by atoms with van der Waals surface area (Å²) in [5, 5.41) is 7.39. The number of nitrogens with one attached hydrogen (secondary N) is 2. The van der Waals surface area contributed by atoms with Gasteiger partial charge in [-0.15, -0.1) is 0 Å². The summed E-state index contributed by atoms with van der Waals surface area (Å²) in [4.78, 5) is 14.5. The molecule has 0 radical (unpaired) electrons. The van der Waals surface area contributed by atoms with Crippen LogP contribution in [-0.4, -0.2) is 47.3 Å². The highest BCUT2D eigenvalue weighted by Crippen LogP contribution is 2.28. The Morgan fingerprint density at radius 1 is 0.862 bits per heavy atom. The summed E-state index contributed by atoms with van der Waals surface area (Å²) in [5.74, 6) is 4.30. The third-order valence-electron chi connectivity index (χ3n) is 6.83. The highest BCUT2D eigenvalue weighted by molar-refractivity contribution is 7.80. The van der Waals surface area contributed by atoms with Crippen molar-refractivity contribution in [3.8, 4) is 0 Å². The summed E-state index contributed by atoms with van der Waals surface area (Å²) in [6, 6.07) is 2.68. The van der Waals surface area contributed by atoms with Crippen molar-refractivity contribution in [1.29, 1.82) is 0 Å². The highest BCUT2D eigenvalue weighted by Gasteiger charge is 2.23. The maximum absolute atomic E-state index is 5.57. The smallest absolute Gasteiger partial charge is 0.232 e. The van der Waals surface area contributed by atoms with E-state index in [2.05, 4.69) is 40.3 Å². The van der Waals surface area contributed by atoms with E-state index >= 15 is 0 Å². The Bertz CT molecular complexity index is 648. The number of thiocarbonyl (C=S) groups is 1. The van der Waals surface area contributed by atoms with Crippen molar-refractivity contribution in [1.82, 2.24) is 15.3 Å². The molecule has 1 aromatic heterocycles. The van der Waals surface area contributed by atoms with Crippen LogP contribution in [0.4, 0.5) is 17.6 Å². The first-order chi connectivity index (χ1) is 14.1. The lowest BCUT2D eigenvalue weighted by molar-refractivity contribution is 0.433. The van der Waals surface area contributed by atoms with Gasteiger partial charge < -0.3 is 20.4 Å². The van der Waals surface area contributed by atoms with E-state index in [4.69, 9.17) is 22.2 Å². The number of hydrogen-bond acceptors (Lipinski definition) is 5. The molecule has 2 N–H and O–H groups in total. The van der Waals surface area contributed by atoms with Crippen LogP contribution in [0.2, 0.25) is 0 Å². The molecule has 1 aliphatic carbocycles. The predicted molar refractivity (Wildman–Crippen MR) is 125 cm³/mol. The number of piperidine rings is 2. The van der Waals surface area contributed by atoms with E-state index in [-0.39, 0.29) is 0 Å². The van der Waals surface area contributed by atoms with Crippen LogP contribution >= 0.6 is 12.2 Å². The summed E-state index contributed by atoms with van der Waals surface area (Å²) in [6.07, 6.45) is 9.89. The monoisotopic (exact) mass is 416 g/mol. The Labute approximate surface area is 180 Å². The summed E-state index contributed by atoms with van der Waals surface area (Å²) in [6.45, 7) is 8.96. The lowest BCUT2D eigenvalue weighted by Crippen LogP contribution is -2.38. The van der Waals surface area contributed by atoms with Gasteiger partial charge in [0.1, 0.15) is 11.6 Å². The Morgan fingerprint density at radius 2 is 1.34 bits per heavy atom. The fourth-order valence-corrected chi connectivity index (χ4v) is 4.93. The molecule has 4 rings (SSSR count). The number of rotatable bonds is 4. The first-order valence-electron chi connectivity index (χ1n) is 11.5. The summed E-state index contributed by atoms with van der Waals surface area (Å²) < 4.78 is 0. The van der Waals surface area contributed by atoms with E-state index in [1.54, 1.807) is 0 Å². The van der Waals surface area contributed by atoms with Gasteiger partial charge in [0.05, 0.1) is 0 Å². The standard InChI is InChI=1S/C22H36N6S/c1-16-7-11-27(12-8-16)19-15-20(28-13-9-17(2)10-14-28)25-21(24-19)26-22(29)23-18-5-3-4-6-18/h15-18H,3-14H2,1-2H3,(H2,23,24,25,26,29). The van der Waals surface area contributed by atoms with Crippen molar-refractivity contribution in [2.75, 3.05) is 41.3 Å². The number of anilines is 3. The van der Waals surface area contributed by atoms with Crippen LogP contribution < -0.4 is 20.4 Å². The van der Waals surface area contributed by atoms with Crippen molar-refractivity contribution in [3.05, 3.63) is 6.07 Å². The molecule has 0 bridgehead atoms. The van der Waals surface area contributed by atoms with Gasteiger partial charge in [-0.3, -0.25) is 0 Å². The molecular formula is C22H36N6S. The van der Waals surface area contributed by atoms with Crippen LogP contribution in [0.3, 0.4) is 0 Å². The van der Waals surface area contributed by atoms with Gasteiger partial charge in [0.2, 0.25) is 5.95 Å². The fraction of sp³-hybridized carbons (Fsp3) is 0.773. The van der Waals surface area contributed by atoms with Gasteiger partial charge in [0.15, 0.2) is 5.11 Å². The molecule has 1 aromatic rings. The second-order valence-electron chi connectivity index (χ2n) is 9.33. The average molecular weight is 417 g/mol.